The van der Waals surface area contributed by atoms with Crippen LogP contribution in [0.5, 0.6) is 0 Å². The summed E-state index contributed by atoms with van der Waals surface area (Å²) in [6, 6.07) is 1.08. The van der Waals surface area contributed by atoms with Gasteiger partial charge in [-0.2, -0.15) is 0 Å². The highest BCUT2D eigenvalue weighted by Gasteiger charge is 2.26. The first-order chi connectivity index (χ1) is 9.79. The summed E-state index contributed by atoms with van der Waals surface area (Å²) in [6.07, 6.45) is 1.73. The average molecular weight is 322 g/mol. The van der Waals surface area contributed by atoms with Gasteiger partial charge >= 0.3 is 0 Å². The molecule has 0 aromatic heterocycles. The Morgan fingerprint density at radius 3 is 2.38 bits per heavy atom. The number of sulfonamides is 1. The predicted octanol–water partition coefficient (Wildman–Crippen LogP) is 1.77. The highest BCUT2D eigenvalue weighted by molar-refractivity contribution is 7.89. The first-order valence-electron chi connectivity index (χ1n) is 6.67. The number of hydrogen-bond acceptors (Lipinski definition) is 3. The van der Waals surface area contributed by atoms with Gasteiger partial charge in [-0.15, -0.1) is 0 Å². The minimum Gasteiger partial charge on any atom is -0.314 e. The molecule has 1 saturated heterocycles. The van der Waals surface area contributed by atoms with E-state index in [0.29, 0.717) is 24.7 Å². The van der Waals surface area contributed by atoms with E-state index in [0.717, 1.165) is 12.8 Å². The Balaban J connectivity index is 2.09. The van der Waals surface area contributed by atoms with E-state index in [2.05, 4.69) is 10.0 Å². The number of benzene rings is 1. The maximum absolute atomic E-state index is 13.5. The molecular formula is C13H17F3N2O2S. The molecule has 4 nitrogen and oxygen atoms in total. The van der Waals surface area contributed by atoms with Crippen molar-refractivity contribution >= 4 is 10.0 Å². The van der Waals surface area contributed by atoms with Gasteiger partial charge in [-0.3, -0.25) is 0 Å². The van der Waals surface area contributed by atoms with Gasteiger partial charge in [0.15, 0.2) is 4.90 Å². The molecule has 1 aliphatic rings. The molecular weight excluding hydrogens is 305 g/mol. The van der Waals surface area contributed by atoms with Gasteiger partial charge in [0.05, 0.1) is 0 Å². The predicted molar refractivity (Wildman–Crippen MR) is 71.7 cm³/mol. The number of rotatable bonds is 4. The fraction of sp³-hybridized carbons (Fsp3) is 0.538. The number of halogens is 3. The summed E-state index contributed by atoms with van der Waals surface area (Å²) in [4.78, 5) is -1.14. The molecule has 1 fully saturated rings. The molecule has 1 aromatic carbocycles. The minimum atomic E-state index is -4.35. The van der Waals surface area contributed by atoms with Crippen molar-refractivity contribution in [1.29, 1.82) is 0 Å². The molecule has 2 rings (SSSR count). The molecule has 2 N–H and O–H groups in total. The Labute approximate surface area is 121 Å². The lowest BCUT2D eigenvalue weighted by atomic mass is 9.96. The lowest BCUT2D eigenvalue weighted by Gasteiger charge is -2.27. The van der Waals surface area contributed by atoms with Gasteiger partial charge in [0.1, 0.15) is 17.5 Å². The van der Waals surface area contributed by atoms with Crippen molar-refractivity contribution < 1.29 is 21.6 Å². The molecule has 2 unspecified atom stereocenters. The molecule has 1 aliphatic heterocycles. The van der Waals surface area contributed by atoms with Crippen LogP contribution in [0.4, 0.5) is 13.2 Å². The van der Waals surface area contributed by atoms with Crippen LogP contribution in [0.15, 0.2) is 17.0 Å². The second-order valence-corrected chi connectivity index (χ2v) is 7.01. The number of piperidine rings is 1. The smallest absolute Gasteiger partial charge is 0.246 e. The third-order valence-corrected chi connectivity index (χ3v) is 5.03. The molecule has 0 saturated carbocycles. The van der Waals surface area contributed by atoms with E-state index in [9.17, 15) is 21.6 Å². The molecule has 0 spiro atoms. The SMILES string of the molecule is CC1CCC(CNS(=O)(=O)c2c(F)cc(F)cc2F)CN1. The van der Waals surface area contributed by atoms with Crippen LogP contribution in [0.2, 0.25) is 0 Å². The molecule has 1 aromatic rings. The van der Waals surface area contributed by atoms with Crippen LogP contribution in [0, 0.1) is 23.4 Å². The topological polar surface area (TPSA) is 58.2 Å². The molecule has 0 aliphatic carbocycles. The largest absolute Gasteiger partial charge is 0.314 e. The maximum Gasteiger partial charge on any atom is 0.246 e. The second kappa shape index (κ2) is 6.33. The van der Waals surface area contributed by atoms with Crippen LogP contribution < -0.4 is 10.0 Å². The molecule has 0 amide bonds. The number of hydrogen-bond donors (Lipinski definition) is 2. The Morgan fingerprint density at radius 2 is 1.86 bits per heavy atom. The first kappa shape index (κ1) is 16.3. The van der Waals surface area contributed by atoms with Crippen LogP contribution in [0.25, 0.3) is 0 Å². The van der Waals surface area contributed by atoms with Crippen molar-refractivity contribution in [2.75, 3.05) is 13.1 Å². The highest BCUT2D eigenvalue weighted by atomic mass is 32.2. The first-order valence-corrected chi connectivity index (χ1v) is 8.15. The Kier molecular flexibility index (Phi) is 4.90. The van der Waals surface area contributed by atoms with E-state index >= 15 is 0 Å². The van der Waals surface area contributed by atoms with E-state index in [1.54, 1.807) is 0 Å². The van der Waals surface area contributed by atoms with Crippen molar-refractivity contribution in [3.8, 4) is 0 Å². The summed E-state index contributed by atoms with van der Waals surface area (Å²) < 4.78 is 65.9. The van der Waals surface area contributed by atoms with Crippen molar-refractivity contribution in [2.45, 2.75) is 30.7 Å². The molecule has 0 bridgehead atoms. The summed E-state index contributed by atoms with van der Waals surface area (Å²) in [6.45, 7) is 2.75. The van der Waals surface area contributed by atoms with Crippen molar-refractivity contribution in [2.24, 2.45) is 5.92 Å². The fourth-order valence-corrected chi connectivity index (χ4v) is 3.55. The lowest BCUT2D eigenvalue weighted by molar-refractivity contribution is 0.323. The van der Waals surface area contributed by atoms with E-state index in [1.165, 1.54) is 0 Å². The van der Waals surface area contributed by atoms with Crippen LogP contribution in [0.1, 0.15) is 19.8 Å². The van der Waals surface area contributed by atoms with Crippen LogP contribution in [-0.2, 0) is 10.0 Å². The molecule has 2 atom stereocenters. The van der Waals surface area contributed by atoms with Gasteiger partial charge in [0.2, 0.25) is 10.0 Å². The van der Waals surface area contributed by atoms with Crippen LogP contribution in [0.3, 0.4) is 0 Å². The van der Waals surface area contributed by atoms with Gasteiger partial charge in [-0.05, 0) is 32.2 Å². The third kappa shape index (κ3) is 3.96. The molecule has 118 valence electrons. The van der Waals surface area contributed by atoms with Gasteiger partial charge in [-0.1, -0.05) is 0 Å². The van der Waals surface area contributed by atoms with Gasteiger partial charge < -0.3 is 5.32 Å². The van der Waals surface area contributed by atoms with Crippen LogP contribution >= 0.6 is 0 Å². The standard InChI is InChI=1S/C13H17F3N2O2S/c1-8-2-3-9(6-17-8)7-18-21(19,20)13-11(15)4-10(14)5-12(13)16/h4-5,8-9,17-18H,2-3,6-7H2,1H3. The van der Waals surface area contributed by atoms with Crippen molar-refractivity contribution in [3.05, 3.63) is 29.6 Å². The quantitative estimate of drug-likeness (QED) is 0.888. The van der Waals surface area contributed by atoms with E-state index < -0.39 is 32.4 Å². The molecule has 1 heterocycles. The van der Waals surface area contributed by atoms with Crippen molar-refractivity contribution in [3.63, 3.8) is 0 Å². The third-order valence-electron chi connectivity index (χ3n) is 3.56. The second-order valence-electron chi connectivity index (χ2n) is 5.30. The summed E-state index contributed by atoms with van der Waals surface area (Å²) in [7, 11) is -4.35. The van der Waals surface area contributed by atoms with Gasteiger partial charge in [0.25, 0.3) is 0 Å². The maximum atomic E-state index is 13.5. The van der Waals surface area contributed by atoms with Gasteiger partial charge in [-0.25, -0.2) is 26.3 Å². The zero-order valence-corrected chi connectivity index (χ0v) is 12.3. The van der Waals surface area contributed by atoms with Crippen molar-refractivity contribution in [1.82, 2.24) is 10.0 Å². The highest BCUT2D eigenvalue weighted by Crippen LogP contribution is 2.21. The zero-order chi connectivity index (χ0) is 15.6. The number of nitrogens with one attached hydrogen (secondary N) is 2. The Morgan fingerprint density at radius 1 is 1.24 bits per heavy atom. The summed E-state index contributed by atoms with van der Waals surface area (Å²) in [5.74, 6) is -3.97. The monoisotopic (exact) mass is 322 g/mol. The Bertz CT molecular complexity index is 591. The molecule has 8 heteroatoms. The molecule has 0 radical (unpaired) electrons. The van der Waals surface area contributed by atoms with Gasteiger partial charge in [0, 0.05) is 24.7 Å². The van der Waals surface area contributed by atoms with Crippen LogP contribution in [-0.4, -0.2) is 27.5 Å². The van der Waals surface area contributed by atoms with E-state index in [4.69, 9.17) is 0 Å². The van der Waals surface area contributed by atoms with E-state index in [-0.39, 0.29) is 12.5 Å². The Hall–Kier alpha value is -1.12. The molecule has 21 heavy (non-hydrogen) atoms. The zero-order valence-electron chi connectivity index (χ0n) is 11.5. The lowest BCUT2D eigenvalue weighted by Crippen LogP contribution is -2.42. The minimum absolute atomic E-state index is 0.0579. The summed E-state index contributed by atoms with van der Waals surface area (Å²) >= 11 is 0. The summed E-state index contributed by atoms with van der Waals surface area (Å²) in [5.41, 5.74) is 0. The average Bonchev–Trinajstić information content (AvgIpc) is 2.36. The van der Waals surface area contributed by atoms with E-state index in [1.807, 2.05) is 6.92 Å². The normalized spacial score (nSPS) is 23.2. The summed E-state index contributed by atoms with van der Waals surface area (Å²) in [5, 5.41) is 3.21. The fourth-order valence-electron chi connectivity index (χ4n) is 2.32.